The number of nitrogens with two attached hydrogens (primary N) is 1. The van der Waals surface area contributed by atoms with Crippen LogP contribution in [0.5, 0.6) is 0 Å². The van der Waals surface area contributed by atoms with Crippen molar-refractivity contribution in [1.29, 1.82) is 0 Å². The van der Waals surface area contributed by atoms with Crippen LogP contribution in [-0.4, -0.2) is 0 Å². The monoisotopic (exact) mass is 279 g/mol. The van der Waals surface area contributed by atoms with Crippen LogP contribution < -0.4 is 5.73 Å². The van der Waals surface area contributed by atoms with E-state index in [0.717, 1.165) is 11.1 Å². The van der Waals surface area contributed by atoms with Gasteiger partial charge in [-0.2, -0.15) is 0 Å². The van der Waals surface area contributed by atoms with Gasteiger partial charge in [-0.25, -0.2) is 0 Å². The maximum Gasteiger partial charge on any atom is 0.0785 e. The van der Waals surface area contributed by atoms with Gasteiger partial charge in [-0.15, -0.1) is 0 Å². The second-order valence-corrected chi connectivity index (χ2v) is 5.63. The van der Waals surface area contributed by atoms with Gasteiger partial charge in [-0.3, -0.25) is 0 Å². The van der Waals surface area contributed by atoms with E-state index < -0.39 is 0 Å². The van der Waals surface area contributed by atoms with Crippen LogP contribution in [0, 0.1) is 0 Å². The fourth-order valence-corrected chi connectivity index (χ4v) is 2.92. The highest BCUT2D eigenvalue weighted by atomic mass is 35.5. The molecule has 0 aliphatic heterocycles. The summed E-state index contributed by atoms with van der Waals surface area (Å²) in [5.74, 6) is 0.444. The first-order chi connectivity index (χ1) is 7.29. The molecule has 0 bridgehead atoms. The number of anilines is 1. The normalized spacial score (nSPS) is 11.6. The molecule has 1 aromatic carbocycles. The summed E-state index contributed by atoms with van der Waals surface area (Å²) in [5.41, 5.74) is 8.58. The van der Waals surface area contributed by atoms with Gasteiger partial charge in [0.15, 0.2) is 0 Å². The van der Waals surface area contributed by atoms with Gasteiger partial charge in [0, 0.05) is 5.69 Å². The fourth-order valence-electron chi connectivity index (χ4n) is 1.84. The Labute approximate surface area is 112 Å². The highest BCUT2D eigenvalue weighted by Crippen LogP contribution is 2.45. The van der Waals surface area contributed by atoms with E-state index in [0.29, 0.717) is 20.8 Å². The average Bonchev–Trinajstić information content (AvgIpc) is 2.13. The molecule has 0 spiro atoms. The Kier molecular flexibility index (Phi) is 4.39. The molecule has 0 heterocycles. The zero-order valence-corrected chi connectivity index (χ0v) is 12.1. The molecule has 0 radical (unpaired) electrons. The predicted molar refractivity (Wildman–Crippen MR) is 74.1 cm³/mol. The van der Waals surface area contributed by atoms with Gasteiger partial charge in [0.2, 0.25) is 0 Å². The number of rotatable bonds is 2. The van der Waals surface area contributed by atoms with Crippen molar-refractivity contribution in [2.75, 3.05) is 5.73 Å². The predicted octanol–water partition coefficient (Wildman–Crippen LogP) is 5.48. The molecular formula is C12H16Cl3N. The number of hydrogen-bond acceptors (Lipinski definition) is 1. The van der Waals surface area contributed by atoms with Crippen LogP contribution in [0.15, 0.2) is 0 Å². The van der Waals surface area contributed by atoms with Crippen molar-refractivity contribution in [3.05, 3.63) is 26.2 Å². The third-order valence-corrected chi connectivity index (χ3v) is 3.95. The highest BCUT2D eigenvalue weighted by Gasteiger charge is 2.22. The molecule has 0 saturated heterocycles. The largest absolute Gasteiger partial charge is 0.398 e. The van der Waals surface area contributed by atoms with Crippen molar-refractivity contribution in [3.8, 4) is 0 Å². The summed E-state index contributed by atoms with van der Waals surface area (Å²) in [7, 11) is 0. The van der Waals surface area contributed by atoms with Crippen LogP contribution in [0.3, 0.4) is 0 Å². The lowest BCUT2D eigenvalue weighted by atomic mass is 9.93. The summed E-state index contributed by atoms with van der Waals surface area (Å²) in [5, 5.41) is 1.36. The minimum absolute atomic E-state index is 0.222. The first kappa shape index (κ1) is 14.0. The van der Waals surface area contributed by atoms with Gasteiger partial charge in [0.25, 0.3) is 0 Å². The van der Waals surface area contributed by atoms with E-state index in [4.69, 9.17) is 40.5 Å². The van der Waals surface area contributed by atoms with Gasteiger partial charge in [0.1, 0.15) is 0 Å². The van der Waals surface area contributed by atoms with Crippen LogP contribution in [-0.2, 0) is 0 Å². The summed E-state index contributed by atoms with van der Waals surface area (Å²) in [6.45, 7) is 8.13. The van der Waals surface area contributed by atoms with Crippen LogP contribution in [0.25, 0.3) is 0 Å². The summed E-state index contributed by atoms with van der Waals surface area (Å²) in [6.07, 6.45) is 0. The molecule has 0 aliphatic carbocycles. The van der Waals surface area contributed by atoms with E-state index in [1.54, 1.807) is 0 Å². The van der Waals surface area contributed by atoms with Gasteiger partial charge >= 0.3 is 0 Å². The lowest BCUT2D eigenvalue weighted by Gasteiger charge is -2.21. The van der Waals surface area contributed by atoms with E-state index in [1.165, 1.54) is 0 Å². The SMILES string of the molecule is CC(C)c1c(N)c(C(C)C)c(Cl)c(Cl)c1Cl. The Balaban J connectivity index is 3.66. The van der Waals surface area contributed by atoms with Gasteiger partial charge in [0.05, 0.1) is 15.1 Å². The fraction of sp³-hybridized carbons (Fsp3) is 0.500. The number of halogens is 3. The minimum atomic E-state index is 0.222. The maximum absolute atomic E-state index is 6.18. The van der Waals surface area contributed by atoms with Gasteiger partial charge in [-0.05, 0) is 23.0 Å². The lowest BCUT2D eigenvalue weighted by Crippen LogP contribution is -2.05. The zero-order chi connectivity index (χ0) is 12.6. The number of benzene rings is 1. The van der Waals surface area contributed by atoms with E-state index in [9.17, 15) is 0 Å². The summed E-state index contributed by atoms with van der Waals surface area (Å²) < 4.78 is 0. The molecule has 0 fully saturated rings. The molecule has 0 unspecified atom stereocenters. The summed E-state index contributed by atoms with van der Waals surface area (Å²) in [6, 6.07) is 0. The summed E-state index contributed by atoms with van der Waals surface area (Å²) in [4.78, 5) is 0. The molecule has 1 rings (SSSR count). The van der Waals surface area contributed by atoms with Crippen molar-refractivity contribution in [2.45, 2.75) is 39.5 Å². The van der Waals surface area contributed by atoms with Crippen molar-refractivity contribution in [3.63, 3.8) is 0 Å². The average molecular weight is 281 g/mol. The Morgan fingerprint density at radius 1 is 0.750 bits per heavy atom. The Hall–Kier alpha value is -0.110. The van der Waals surface area contributed by atoms with Crippen molar-refractivity contribution in [1.82, 2.24) is 0 Å². The van der Waals surface area contributed by atoms with E-state index >= 15 is 0 Å². The molecule has 0 saturated carbocycles. The topological polar surface area (TPSA) is 26.0 Å². The molecule has 16 heavy (non-hydrogen) atoms. The molecule has 1 nitrogen and oxygen atoms in total. The van der Waals surface area contributed by atoms with Crippen LogP contribution in [0.2, 0.25) is 15.1 Å². The van der Waals surface area contributed by atoms with Crippen LogP contribution in [0.4, 0.5) is 5.69 Å². The Bertz CT molecular complexity index is 376. The number of nitrogen functional groups attached to an aromatic ring is 1. The van der Waals surface area contributed by atoms with Crippen LogP contribution >= 0.6 is 34.8 Å². The van der Waals surface area contributed by atoms with Crippen LogP contribution in [0.1, 0.15) is 50.7 Å². The second kappa shape index (κ2) is 5.03. The smallest absolute Gasteiger partial charge is 0.0785 e. The van der Waals surface area contributed by atoms with Gasteiger partial charge < -0.3 is 5.73 Å². The van der Waals surface area contributed by atoms with E-state index in [2.05, 4.69) is 0 Å². The first-order valence-electron chi connectivity index (χ1n) is 5.24. The Morgan fingerprint density at radius 2 is 1.06 bits per heavy atom. The molecule has 0 amide bonds. The second-order valence-electron chi connectivity index (χ2n) is 4.49. The standard InChI is InChI=1S/C12H16Cl3N/c1-5(2)7-9(13)11(15)10(14)8(6(3)4)12(7)16/h5-6H,16H2,1-4H3. The molecule has 4 heteroatoms. The number of hydrogen-bond donors (Lipinski definition) is 1. The van der Waals surface area contributed by atoms with Crippen molar-refractivity contribution in [2.24, 2.45) is 0 Å². The molecule has 2 N–H and O–H groups in total. The quantitative estimate of drug-likeness (QED) is 0.564. The first-order valence-corrected chi connectivity index (χ1v) is 6.38. The molecule has 0 aromatic heterocycles. The summed E-state index contributed by atoms with van der Waals surface area (Å²) >= 11 is 18.5. The minimum Gasteiger partial charge on any atom is -0.398 e. The maximum atomic E-state index is 6.18. The molecule has 0 atom stereocenters. The zero-order valence-electron chi connectivity index (χ0n) is 9.87. The third-order valence-electron chi connectivity index (χ3n) is 2.59. The van der Waals surface area contributed by atoms with Gasteiger partial charge in [-0.1, -0.05) is 62.5 Å². The Morgan fingerprint density at radius 3 is 1.31 bits per heavy atom. The molecule has 1 aromatic rings. The molecular weight excluding hydrogens is 264 g/mol. The third kappa shape index (κ3) is 2.27. The van der Waals surface area contributed by atoms with Crippen molar-refractivity contribution >= 4 is 40.5 Å². The highest BCUT2D eigenvalue weighted by molar-refractivity contribution is 6.49. The van der Waals surface area contributed by atoms with E-state index in [-0.39, 0.29) is 11.8 Å². The van der Waals surface area contributed by atoms with Crippen molar-refractivity contribution < 1.29 is 0 Å². The molecule has 0 aliphatic rings. The van der Waals surface area contributed by atoms with E-state index in [1.807, 2.05) is 27.7 Å². The lowest BCUT2D eigenvalue weighted by molar-refractivity contribution is 0.840. The molecule has 90 valence electrons.